The first-order chi connectivity index (χ1) is 14.5. The molecule has 3 aliphatic rings. The number of nitrogens with one attached hydrogen (secondary N) is 2. The van der Waals surface area contributed by atoms with E-state index in [1.807, 2.05) is 18.3 Å². The molecule has 2 fully saturated rings. The predicted octanol–water partition coefficient (Wildman–Crippen LogP) is 3.94. The van der Waals surface area contributed by atoms with Crippen molar-refractivity contribution in [3.05, 3.63) is 48.3 Å². The van der Waals surface area contributed by atoms with Crippen LogP contribution in [0.1, 0.15) is 24.8 Å². The average Bonchev–Trinajstić information content (AvgIpc) is 3.34. The number of ether oxygens (including phenoxy) is 2. The van der Waals surface area contributed by atoms with Crippen LogP contribution in [0.3, 0.4) is 0 Å². The Labute approximate surface area is 171 Å². The zero-order valence-corrected chi connectivity index (χ0v) is 16.1. The lowest BCUT2D eigenvalue weighted by Gasteiger charge is -2.30. The molecule has 6 rings (SSSR count). The van der Waals surface area contributed by atoms with Crippen molar-refractivity contribution in [2.24, 2.45) is 0 Å². The zero-order chi connectivity index (χ0) is 20.3. The smallest absolute Gasteiger partial charge is 0.264 e. The van der Waals surface area contributed by atoms with Crippen molar-refractivity contribution < 1.29 is 18.3 Å². The van der Waals surface area contributed by atoms with Crippen LogP contribution in [0.4, 0.5) is 8.78 Å². The molecule has 6 nitrogen and oxygen atoms in total. The topological polar surface area (TPSA) is 72.1 Å². The molecule has 0 radical (unpaired) electrons. The number of halogens is 2. The number of pyridine rings is 1. The standard InChI is InChI=1S/C22H20F2N4O2/c23-22(24)8-15-6-16(7-19(22)27-15)30-20-4-3-18-17-2-1-12(14-9-25-26-10-14)5-13(17)11-29-21(18)28-20/h1-5,9-10,15-16,19,27H,6-8,11H2,(H,25,26). The van der Waals surface area contributed by atoms with Crippen molar-refractivity contribution in [3.8, 4) is 34.0 Å². The minimum absolute atomic E-state index is 0.115. The van der Waals surface area contributed by atoms with E-state index in [1.54, 1.807) is 12.3 Å². The fraction of sp³-hybridized carbons (Fsp3) is 0.364. The molecular formula is C22H20F2N4O2. The molecule has 154 valence electrons. The molecule has 0 spiro atoms. The molecule has 30 heavy (non-hydrogen) atoms. The van der Waals surface area contributed by atoms with Gasteiger partial charge in [0.25, 0.3) is 5.92 Å². The van der Waals surface area contributed by atoms with E-state index >= 15 is 0 Å². The van der Waals surface area contributed by atoms with Crippen molar-refractivity contribution >= 4 is 0 Å². The molecule has 3 aromatic rings. The number of benzene rings is 1. The van der Waals surface area contributed by atoms with Gasteiger partial charge < -0.3 is 14.8 Å². The van der Waals surface area contributed by atoms with Crippen LogP contribution in [0.25, 0.3) is 22.3 Å². The van der Waals surface area contributed by atoms with E-state index < -0.39 is 12.0 Å². The summed E-state index contributed by atoms with van der Waals surface area (Å²) in [5.41, 5.74) is 5.14. The van der Waals surface area contributed by atoms with E-state index in [1.165, 1.54) is 0 Å². The van der Waals surface area contributed by atoms with Crippen LogP contribution in [0, 0.1) is 0 Å². The molecule has 0 aliphatic carbocycles. The Morgan fingerprint density at radius 2 is 2.00 bits per heavy atom. The second kappa shape index (κ2) is 6.50. The SMILES string of the molecule is FC1(F)CC2CC(Oc3ccc4c(n3)OCc3cc(-c5cn[nH]c5)ccc3-4)CC1N2. The van der Waals surface area contributed by atoms with Crippen LogP contribution in [0.2, 0.25) is 0 Å². The van der Waals surface area contributed by atoms with Gasteiger partial charge in [-0.3, -0.25) is 5.10 Å². The minimum atomic E-state index is -2.66. The van der Waals surface area contributed by atoms with Gasteiger partial charge in [0.1, 0.15) is 12.7 Å². The maximum Gasteiger partial charge on any atom is 0.264 e. The Bertz CT molecular complexity index is 1100. The first-order valence-electron chi connectivity index (χ1n) is 10.1. The minimum Gasteiger partial charge on any atom is -0.474 e. The third kappa shape index (κ3) is 2.94. The number of nitrogens with zero attached hydrogens (tertiary/aromatic N) is 2. The summed E-state index contributed by atoms with van der Waals surface area (Å²) in [5, 5.41) is 9.82. The normalized spacial score (nSPS) is 25.9. The molecule has 5 heterocycles. The molecular weight excluding hydrogens is 390 g/mol. The van der Waals surface area contributed by atoms with E-state index in [9.17, 15) is 8.78 Å². The van der Waals surface area contributed by atoms with Gasteiger partial charge in [-0.1, -0.05) is 12.1 Å². The number of aromatic nitrogens is 3. The number of hydrogen-bond donors (Lipinski definition) is 2. The zero-order valence-electron chi connectivity index (χ0n) is 16.1. The van der Waals surface area contributed by atoms with Crippen molar-refractivity contribution in [3.63, 3.8) is 0 Å². The number of piperidine rings is 1. The fourth-order valence-electron chi connectivity index (χ4n) is 4.79. The molecule has 2 N–H and O–H groups in total. The molecule has 2 saturated heterocycles. The van der Waals surface area contributed by atoms with Gasteiger partial charge in [0.05, 0.1) is 12.2 Å². The summed E-state index contributed by atoms with van der Waals surface area (Å²) >= 11 is 0. The quantitative estimate of drug-likeness (QED) is 0.684. The van der Waals surface area contributed by atoms with Crippen LogP contribution in [-0.4, -0.2) is 39.3 Å². The number of hydrogen-bond acceptors (Lipinski definition) is 5. The third-order valence-electron chi connectivity index (χ3n) is 6.22. The fourth-order valence-corrected chi connectivity index (χ4v) is 4.79. The summed E-state index contributed by atoms with van der Waals surface area (Å²) < 4.78 is 39.7. The van der Waals surface area contributed by atoms with E-state index in [2.05, 4.69) is 32.6 Å². The van der Waals surface area contributed by atoms with Gasteiger partial charge in [0, 0.05) is 42.3 Å². The van der Waals surface area contributed by atoms with Crippen LogP contribution >= 0.6 is 0 Å². The van der Waals surface area contributed by atoms with Crippen LogP contribution in [-0.2, 0) is 6.61 Å². The van der Waals surface area contributed by atoms with Gasteiger partial charge in [-0.05, 0) is 35.2 Å². The van der Waals surface area contributed by atoms with Gasteiger partial charge in [0.2, 0.25) is 11.8 Å². The summed E-state index contributed by atoms with van der Waals surface area (Å²) in [4.78, 5) is 4.52. The summed E-state index contributed by atoms with van der Waals surface area (Å²) in [7, 11) is 0. The Balaban J connectivity index is 1.24. The molecule has 3 unspecified atom stereocenters. The highest BCUT2D eigenvalue weighted by Gasteiger charge is 2.53. The summed E-state index contributed by atoms with van der Waals surface area (Å²) in [6.45, 7) is 0.411. The van der Waals surface area contributed by atoms with Gasteiger partial charge in [-0.15, -0.1) is 0 Å². The second-order valence-corrected chi connectivity index (χ2v) is 8.24. The lowest BCUT2D eigenvalue weighted by molar-refractivity contribution is -0.0195. The first-order valence-corrected chi connectivity index (χ1v) is 10.1. The molecule has 1 aromatic carbocycles. The molecule has 8 heteroatoms. The summed E-state index contributed by atoms with van der Waals surface area (Å²) in [6.07, 6.45) is 4.10. The Hall–Kier alpha value is -3.00. The van der Waals surface area contributed by atoms with E-state index in [-0.39, 0.29) is 25.0 Å². The van der Waals surface area contributed by atoms with Crippen molar-refractivity contribution in [2.75, 3.05) is 0 Å². The molecule has 0 amide bonds. The Kier molecular flexibility index (Phi) is 3.86. The lowest BCUT2D eigenvalue weighted by atomic mass is 9.95. The molecule has 2 aromatic heterocycles. The number of H-pyrrole nitrogens is 1. The highest BCUT2D eigenvalue weighted by molar-refractivity contribution is 5.77. The molecule has 3 atom stereocenters. The maximum atomic E-state index is 13.9. The molecule has 2 bridgehead atoms. The number of alkyl halides is 2. The second-order valence-electron chi connectivity index (χ2n) is 8.24. The average molecular weight is 410 g/mol. The highest BCUT2D eigenvalue weighted by Crippen LogP contribution is 2.42. The largest absolute Gasteiger partial charge is 0.474 e. The number of aromatic amines is 1. The van der Waals surface area contributed by atoms with Crippen LogP contribution in [0.5, 0.6) is 11.8 Å². The van der Waals surface area contributed by atoms with Gasteiger partial charge in [-0.25, -0.2) is 8.78 Å². The Morgan fingerprint density at radius 3 is 2.83 bits per heavy atom. The van der Waals surface area contributed by atoms with Crippen molar-refractivity contribution in [1.29, 1.82) is 0 Å². The lowest BCUT2D eigenvalue weighted by Crippen LogP contribution is -2.46. The molecule has 0 saturated carbocycles. The molecule has 3 aliphatic heterocycles. The van der Waals surface area contributed by atoms with Gasteiger partial charge in [0.15, 0.2) is 0 Å². The highest BCUT2D eigenvalue weighted by atomic mass is 19.3. The summed E-state index contributed by atoms with van der Waals surface area (Å²) in [5.74, 6) is -1.73. The number of rotatable bonds is 3. The van der Waals surface area contributed by atoms with Crippen molar-refractivity contribution in [1.82, 2.24) is 20.5 Å². The van der Waals surface area contributed by atoms with Crippen molar-refractivity contribution in [2.45, 2.75) is 50.0 Å². The van der Waals surface area contributed by atoms with Gasteiger partial charge in [-0.2, -0.15) is 10.1 Å². The van der Waals surface area contributed by atoms with Crippen LogP contribution < -0.4 is 14.8 Å². The van der Waals surface area contributed by atoms with E-state index in [0.717, 1.165) is 27.8 Å². The monoisotopic (exact) mass is 410 g/mol. The summed E-state index contributed by atoms with van der Waals surface area (Å²) in [6, 6.07) is 8.92. The van der Waals surface area contributed by atoms with Gasteiger partial charge >= 0.3 is 0 Å². The number of fused-ring (bicyclic) bond motifs is 5. The third-order valence-corrected chi connectivity index (χ3v) is 6.22. The van der Waals surface area contributed by atoms with E-state index in [0.29, 0.717) is 24.8 Å². The van der Waals surface area contributed by atoms with Crippen LogP contribution in [0.15, 0.2) is 42.7 Å². The maximum absolute atomic E-state index is 13.9. The first kappa shape index (κ1) is 17.8. The predicted molar refractivity (Wildman–Crippen MR) is 106 cm³/mol. The Morgan fingerprint density at radius 1 is 1.10 bits per heavy atom. The van der Waals surface area contributed by atoms with E-state index in [4.69, 9.17) is 9.47 Å².